The van der Waals surface area contributed by atoms with E-state index in [9.17, 15) is 13.2 Å². The van der Waals surface area contributed by atoms with Crippen molar-refractivity contribution in [1.82, 2.24) is 0 Å². The Labute approximate surface area is 125 Å². The third-order valence-corrected chi connectivity index (χ3v) is 2.96. The molecule has 0 aliphatic heterocycles. The zero-order chi connectivity index (χ0) is 12.8. The van der Waals surface area contributed by atoms with Gasteiger partial charge in [0.05, 0.1) is 0 Å². The van der Waals surface area contributed by atoms with Gasteiger partial charge in [-0.25, -0.2) is 4.79 Å². The van der Waals surface area contributed by atoms with Crippen LogP contribution in [0.25, 0.3) is 0 Å². The quantitative estimate of drug-likeness (QED) is 0.248. The second-order valence-electron chi connectivity index (χ2n) is 3.63. The Morgan fingerprint density at radius 2 is 1.94 bits per heavy atom. The van der Waals surface area contributed by atoms with Crippen LogP contribution in [0.5, 0.6) is 0 Å². The maximum absolute atomic E-state index is 11.1. The summed E-state index contributed by atoms with van der Waals surface area (Å²) in [5, 5.41) is 0. The summed E-state index contributed by atoms with van der Waals surface area (Å²) in [7, 11) is -4.36. The first kappa shape index (κ1) is 19.5. The van der Waals surface area contributed by atoms with Crippen LogP contribution in [0.15, 0.2) is 12.2 Å². The molecular formula is C10H19NaO5S. The Kier molecular flexibility index (Phi) is 10.4. The van der Waals surface area contributed by atoms with Gasteiger partial charge in [-0.1, -0.05) is 26.3 Å². The molecule has 17 heavy (non-hydrogen) atoms. The number of rotatable bonds is 7. The second kappa shape index (κ2) is 9.10. The van der Waals surface area contributed by atoms with Crippen LogP contribution in [0.4, 0.5) is 0 Å². The molecule has 0 fully saturated rings. The first-order valence-corrected chi connectivity index (χ1v) is 6.62. The summed E-state index contributed by atoms with van der Waals surface area (Å²) in [4.78, 5) is 11.1. The fourth-order valence-electron chi connectivity index (χ4n) is 1.05. The molecule has 0 aliphatic rings. The first-order chi connectivity index (χ1) is 7.29. The molecule has 0 heterocycles. The van der Waals surface area contributed by atoms with Gasteiger partial charge < -0.3 is 4.74 Å². The molecule has 0 aromatic heterocycles. The van der Waals surface area contributed by atoms with Gasteiger partial charge >= 0.3 is 45.6 Å². The van der Waals surface area contributed by atoms with E-state index in [-0.39, 0.29) is 41.6 Å². The molecule has 1 unspecified atom stereocenters. The minimum atomic E-state index is -4.36. The molecule has 96 valence electrons. The number of carbonyl (C=O) groups excluding carboxylic acids is 1. The average Bonchev–Trinajstić information content (AvgIpc) is 2.14. The van der Waals surface area contributed by atoms with Crippen LogP contribution in [0.2, 0.25) is 0 Å². The van der Waals surface area contributed by atoms with E-state index in [0.717, 1.165) is 12.8 Å². The van der Waals surface area contributed by atoms with Crippen molar-refractivity contribution in [3.63, 3.8) is 0 Å². The van der Waals surface area contributed by atoms with Gasteiger partial charge in [0.1, 0.15) is 0 Å². The van der Waals surface area contributed by atoms with Crippen LogP contribution >= 0.6 is 0 Å². The third-order valence-electron chi connectivity index (χ3n) is 1.96. The van der Waals surface area contributed by atoms with E-state index in [2.05, 4.69) is 11.3 Å². The van der Waals surface area contributed by atoms with E-state index in [1.165, 1.54) is 6.92 Å². The van der Waals surface area contributed by atoms with Gasteiger partial charge in [0, 0.05) is 12.0 Å². The van der Waals surface area contributed by atoms with Gasteiger partial charge in [-0.15, -0.1) is 0 Å². The van der Waals surface area contributed by atoms with E-state index in [1.807, 2.05) is 6.92 Å². The summed E-state index contributed by atoms with van der Waals surface area (Å²) in [6.45, 7) is 6.71. The van der Waals surface area contributed by atoms with E-state index >= 15 is 0 Å². The van der Waals surface area contributed by atoms with Crippen LogP contribution in [0, 0.1) is 0 Å². The summed E-state index contributed by atoms with van der Waals surface area (Å²) >= 11 is 0. The van der Waals surface area contributed by atoms with Gasteiger partial charge in [0.25, 0.3) is 0 Å². The van der Waals surface area contributed by atoms with Crippen LogP contribution < -0.4 is 0 Å². The average molecular weight is 274 g/mol. The SMILES string of the molecule is C=C(C)C(=O)OC(CCCCC)S(=O)(=O)O.[NaH]. The molecule has 1 N–H and O–H groups in total. The van der Waals surface area contributed by atoms with E-state index in [4.69, 9.17) is 4.55 Å². The predicted molar refractivity (Wildman–Crippen MR) is 67.5 cm³/mol. The number of ether oxygens (including phenoxy) is 1. The molecule has 1 atom stereocenters. The summed E-state index contributed by atoms with van der Waals surface area (Å²) in [6.07, 6.45) is 2.40. The molecule has 0 amide bonds. The molecule has 0 aromatic carbocycles. The number of carbonyl (C=O) groups is 1. The Hall–Kier alpha value is 0.120. The minimum absolute atomic E-state index is 0. The van der Waals surface area contributed by atoms with Crippen molar-refractivity contribution in [2.24, 2.45) is 0 Å². The van der Waals surface area contributed by atoms with Crippen molar-refractivity contribution >= 4 is 45.6 Å². The van der Waals surface area contributed by atoms with E-state index in [0.29, 0.717) is 6.42 Å². The maximum atomic E-state index is 11.1. The molecule has 0 radical (unpaired) electrons. The molecule has 0 saturated heterocycles. The van der Waals surface area contributed by atoms with Crippen molar-refractivity contribution in [3.8, 4) is 0 Å². The van der Waals surface area contributed by atoms with Crippen LogP contribution in [-0.2, 0) is 19.6 Å². The fourth-order valence-corrected chi connectivity index (χ4v) is 1.72. The van der Waals surface area contributed by atoms with Crippen molar-refractivity contribution in [2.75, 3.05) is 0 Å². The van der Waals surface area contributed by atoms with Crippen LogP contribution in [-0.4, -0.2) is 53.9 Å². The third kappa shape index (κ3) is 8.79. The van der Waals surface area contributed by atoms with E-state index in [1.54, 1.807) is 0 Å². The molecule has 0 saturated carbocycles. The van der Waals surface area contributed by atoms with E-state index < -0.39 is 21.5 Å². The summed E-state index contributed by atoms with van der Waals surface area (Å²) < 4.78 is 35.4. The number of unbranched alkanes of at least 4 members (excludes halogenated alkanes) is 2. The van der Waals surface area contributed by atoms with Gasteiger partial charge in [0.15, 0.2) is 0 Å². The Balaban J connectivity index is 0. The molecule has 0 aliphatic carbocycles. The molecule has 5 nitrogen and oxygen atoms in total. The zero-order valence-corrected chi connectivity index (χ0v) is 10.4. The first-order valence-electron chi connectivity index (χ1n) is 5.11. The summed E-state index contributed by atoms with van der Waals surface area (Å²) in [5.74, 6) is -0.806. The second-order valence-corrected chi connectivity index (χ2v) is 5.18. The van der Waals surface area contributed by atoms with Crippen molar-refractivity contribution in [3.05, 3.63) is 12.2 Å². The topological polar surface area (TPSA) is 80.7 Å². The van der Waals surface area contributed by atoms with Crippen LogP contribution in [0.3, 0.4) is 0 Å². The van der Waals surface area contributed by atoms with Crippen LogP contribution in [0.1, 0.15) is 39.5 Å². The standard InChI is InChI=1S/C10H18O5S.Na.H/c1-4-5-6-7-9(16(12,13)14)15-10(11)8(2)3;;/h9H,2,4-7H2,1,3H3,(H,12,13,14);;. The normalized spacial score (nSPS) is 12.4. The van der Waals surface area contributed by atoms with Gasteiger partial charge in [0.2, 0.25) is 5.44 Å². The Morgan fingerprint density at radius 3 is 2.29 bits per heavy atom. The van der Waals surface area contributed by atoms with Crippen molar-refractivity contribution in [1.29, 1.82) is 0 Å². The number of esters is 1. The molecular weight excluding hydrogens is 255 g/mol. The Morgan fingerprint density at radius 1 is 1.41 bits per heavy atom. The molecule has 0 spiro atoms. The molecule has 0 aromatic rings. The number of hydrogen-bond acceptors (Lipinski definition) is 4. The molecule has 0 bridgehead atoms. The molecule has 0 rings (SSSR count). The number of hydrogen-bond donors (Lipinski definition) is 1. The van der Waals surface area contributed by atoms with Crippen molar-refractivity contribution < 1.29 is 22.5 Å². The Bertz CT molecular complexity index is 350. The summed E-state index contributed by atoms with van der Waals surface area (Å²) in [6, 6.07) is 0. The van der Waals surface area contributed by atoms with Gasteiger partial charge in [-0.2, -0.15) is 8.42 Å². The van der Waals surface area contributed by atoms with Gasteiger partial charge in [-0.3, -0.25) is 4.55 Å². The monoisotopic (exact) mass is 274 g/mol. The fraction of sp³-hybridized carbons (Fsp3) is 0.700. The predicted octanol–water partition coefficient (Wildman–Crippen LogP) is 1.25. The molecule has 7 heteroatoms. The zero-order valence-electron chi connectivity index (χ0n) is 9.60. The van der Waals surface area contributed by atoms with Crippen molar-refractivity contribution in [2.45, 2.75) is 45.0 Å². The summed E-state index contributed by atoms with van der Waals surface area (Å²) in [5.41, 5.74) is -1.38. The van der Waals surface area contributed by atoms with Gasteiger partial charge in [-0.05, 0) is 13.3 Å².